The summed E-state index contributed by atoms with van der Waals surface area (Å²) < 4.78 is 0. The summed E-state index contributed by atoms with van der Waals surface area (Å²) in [5.41, 5.74) is 1.55. The first kappa shape index (κ1) is 18.2. The molecule has 124 valence electrons. The van der Waals surface area contributed by atoms with Gasteiger partial charge in [-0.2, -0.15) is 0 Å². The number of fused-ring (bicyclic) bond motifs is 1. The van der Waals surface area contributed by atoms with Gasteiger partial charge in [0.15, 0.2) is 0 Å². The van der Waals surface area contributed by atoms with Crippen molar-refractivity contribution in [2.24, 2.45) is 9.98 Å². The predicted molar refractivity (Wildman–Crippen MR) is 99.4 cm³/mol. The molecule has 1 N–H and O–H groups in total. The van der Waals surface area contributed by atoms with Crippen LogP contribution in [0.2, 0.25) is 5.02 Å². The lowest BCUT2D eigenvalue weighted by Gasteiger charge is -2.19. The van der Waals surface area contributed by atoms with Gasteiger partial charge in [-0.05, 0) is 18.2 Å². The van der Waals surface area contributed by atoms with E-state index < -0.39 is 0 Å². The second kappa shape index (κ2) is 8.11. The third-order valence-corrected chi connectivity index (χ3v) is 3.70. The maximum absolute atomic E-state index is 10.6. The van der Waals surface area contributed by atoms with Crippen LogP contribution >= 0.6 is 24.0 Å². The molecule has 0 aromatic heterocycles. The number of hydrogen-bond acceptors (Lipinski definition) is 3. The van der Waals surface area contributed by atoms with E-state index in [1.54, 1.807) is 12.1 Å². The predicted octanol–water partition coefficient (Wildman–Crippen LogP) is 2.83. The Labute approximate surface area is 151 Å². The Morgan fingerprint density at radius 1 is 1.25 bits per heavy atom. The van der Waals surface area contributed by atoms with Gasteiger partial charge in [-0.15, -0.1) is 19.0 Å². The molecule has 0 unspecified atom stereocenters. The average Bonchev–Trinajstić information content (AvgIpc) is 2.69. The highest BCUT2D eigenvalue weighted by Crippen LogP contribution is 2.16. The summed E-state index contributed by atoms with van der Waals surface area (Å²) in [5, 5.41) is 13.9. The molecule has 0 fully saturated rings. The van der Waals surface area contributed by atoms with Crippen molar-refractivity contribution < 1.29 is 5.21 Å². The number of nitrogens with zero attached hydrogens (tertiary/aromatic N) is 3. The van der Waals surface area contributed by atoms with Gasteiger partial charge in [0.05, 0.1) is 17.6 Å². The van der Waals surface area contributed by atoms with Crippen molar-refractivity contribution in [3.8, 4) is 0 Å². The van der Waals surface area contributed by atoms with Crippen molar-refractivity contribution in [2.75, 3.05) is 13.1 Å². The lowest BCUT2D eigenvalue weighted by Crippen LogP contribution is -2.31. The standard InChI is InChI=1S/C18H16ClN3O.ClH/c1-2-10-20-17-12-22(23)18(13-6-4-3-5-7-13)15-11-14(19)8-9-16(15)21-17;/h2-9,11,23H,1,10,12H2;1H. The second-order valence-corrected chi connectivity index (χ2v) is 5.53. The van der Waals surface area contributed by atoms with Crippen LogP contribution in [-0.2, 0) is 0 Å². The van der Waals surface area contributed by atoms with Crippen molar-refractivity contribution >= 4 is 35.5 Å². The average molecular weight is 362 g/mol. The molecule has 0 saturated carbocycles. The van der Waals surface area contributed by atoms with Gasteiger partial charge in [0, 0.05) is 15.8 Å². The molecule has 0 saturated heterocycles. The van der Waals surface area contributed by atoms with Gasteiger partial charge < -0.3 is 0 Å². The van der Waals surface area contributed by atoms with Gasteiger partial charge in [-0.3, -0.25) is 10.2 Å². The van der Waals surface area contributed by atoms with Crippen LogP contribution in [0.25, 0.3) is 5.70 Å². The van der Waals surface area contributed by atoms with Crippen molar-refractivity contribution in [1.82, 2.24) is 5.06 Å². The first-order chi connectivity index (χ1) is 11.2. The number of hydrogen-bond donors (Lipinski definition) is 1. The third-order valence-electron chi connectivity index (χ3n) is 3.46. The quantitative estimate of drug-likeness (QED) is 0.854. The normalized spacial score (nSPS) is 15.2. The number of halogens is 2. The maximum atomic E-state index is 10.6. The van der Waals surface area contributed by atoms with Crippen molar-refractivity contribution in [3.05, 3.63) is 82.3 Å². The molecule has 0 atom stereocenters. The van der Waals surface area contributed by atoms with E-state index >= 15 is 0 Å². The monoisotopic (exact) mass is 361 g/mol. The molecule has 0 radical (unpaired) electrons. The van der Waals surface area contributed by atoms with E-state index in [1.165, 1.54) is 5.06 Å². The zero-order valence-corrected chi connectivity index (χ0v) is 14.5. The van der Waals surface area contributed by atoms with Gasteiger partial charge in [0.25, 0.3) is 0 Å². The van der Waals surface area contributed by atoms with Crippen LogP contribution in [0.4, 0.5) is 0 Å². The molecule has 2 aromatic carbocycles. The van der Waals surface area contributed by atoms with Crippen LogP contribution in [-0.4, -0.2) is 29.2 Å². The van der Waals surface area contributed by atoms with E-state index in [-0.39, 0.29) is 19.0 Å². The summed E-state index contributed by atoms with van der Waals surface area (Å²) in [6.45, 7) is 4.31. The molecule has 0 amide bonds. The van der Waals surface area contributed by atoms with E-state index in [9.17, 15) is 5.21 Å². The lowest BCUT2D eigenvalue weighted by atomic mass is 10.1. The molecule has 0 bridgehead atoms. The largest absolute Gasteiger partial charge is 0.288 e. The van der Waals surface area contributed by atoms with E-state index in [1.807, 2.05) is 42.5 Å². The highest BCUT2D eigenvalue weighted by molar-refractivity contribution is 6.30. The Hall–Kier alpha value is -2.14. The number of amidine groups is 1. The van der Waals surface area contributed by atoms with Crippen LogP contribution in [0.3, 0.4) is 0 Å². The summed E-state index contributed by atoms with van der Waals surface area (Å²) in [7, 11) is 0. The number of aliphatic imine (C=N–C) groups is 1. The van der Waals surface area contributed by atoms with Crippen LogP contribution in [0.15, 0.2) is 71.2 Å². The van der Waals surface area contributed by atoms with E-state index in [4.69, 9.17) is 11.6 Å². The smallest absolute Gasteiger partial charge is 0.146 e. The zero-order chi connectivity index (χ0) is 16.2. The molecule has 2 aromatic rings. The van der Waals surface area contributed by atoms with Crippen LogP contribution < -0.4 is 10.6 Å². The van der Waals surface area contributed by atoms with Crippen LogP contribution in [0.5, 0.6) is 0 Å². The van der Waals surface area contributed by atoms with Crippen molar-refractivity contribution in [1.29, 1.82) is 0 Å². The topological polar surface area (TPSA) is 48.2 Å². The van der Waals surface area contributed by atoms with E-state index in [0.29, 0.717) is 23.1 Å². The summed E-state index contributed by atoms with van der Waals surface area (Å²) in [4.78, 5) is 8.91. The molecule has 3 rings (SSSR count). The van der Waals surface area contributed by atoms with Gasteiger partial charge in [0.2, 0.25) is 0 Å². The zero-order valence-electron chi connectivity index (χ0n) is 12.9. The third kappa shape index (κ3) is 3.85. The van der Waals surface area contributed by atoms with E-state index in [2.05, 4.69) is 16.6 Å². The van der Waals surface area contributed by atoms with E-state index in [0.717, 1.165) is 16.1 Å². The Morgan fingerprint density at radius 2 is 2.00 bits per heavy atom. The SMILES string of the molecule is C=CCN=C1CN(O)C(c2ccccc2)=c2cc(Cl)ccc2=N1.Cl. The maximum Gasteiger partial charge on any atom is 0.146 e. The molecule has 4 nitrogen and oxygen atoms in total. The molecule has 0 spiro atoms. The first-order valence-corrected chi connectivity index (χ1v) is 7.61. The number of rotatable bonds is 3. The molecule has 0 aliphatic carbocycles. The minimum atomic E-state index is 0. The van der Waals surface area contributed by atoms with Crippen molar-refractivity contribution in [2.45, 2.75) is 0 Å². The Balaban J connectivity index is 0.00000208. The van der Waals surface area contributed by atoms with Gasteiger partial charge >= 0.3 is 0 Å². The summed E-state index contributed by atoms with van der Waals surface area (Å²) in [6, 6.07) is 15.1. The first-order valence-electron chi connectivity index (χ1n) is 7.23. The molecule has 1 aliphatic rings. The molecule has 6 heteroatoms. The lowest BCUT2D eigenvalue weighted by molar-refractivity contribution is -0.0120. The van der Waals surface area contributed by atoms with Gasteiger partial charge in [-0.25, -0.2) is 10.1 Å². The molecule has 1 heterocycles. The minimum Gasteiger partial charge on any atom is -0.288 e. The van der Waals surface area contributed by atoms with Crippen LogP contribution in [0.1, 0.15) is 5.56 Å². The highest BCUT2D eigenvalue weighted by atomic mass is 35.5. The number of benzene rings is 2. The molecular weight excluding hydrogens is 345 g/mol. The Morgan fingerprint density at radius 3 is 2.71 bits per heavy atom. The fourth-order valence-electron chi connectivity index (χ4n) is 2.48. The fourth-order valence-corrected chi connectivity index (χ4v) is 2.65. The molecule has 24 heavy (non-hydrogen) atoms. The minimum absolute atomic E-state index is 0. The number of hydroxylamine groups is 2. The summed E-state index contributed by atoms with van der Waals surface area (Å²) >= 11 is 6.15. The molecular formula is C18H17Cl2N3O. The Bertz CT molecular complexity index is 879. The Kier molecular flexibility index (Phi) is 6.15. The highest BCUT2D eigenvalue weighted by Gasteiger charge is 2.17. The molecule has 1 aliphatic heterocycles. The summed E-state index contributed by atoms with van der Waals surface area (Å²) in [6.07, 6.45) is 1.69. The van der Waals surface area contributed by atoms with Gasteiger partial charge in [-0.1, -0.05) is 48.0 Å². The second-order valence-electron chi connectivity index (χ2n) is 5.09. The van der Waals surface area contributed by atoms with Crippen molar-refractivity contribution in [3.63, 3.8) is 0 Å². The van der Waals surface area contributed by atoms with Crippen LogP contribution in [0, 0.1) is 0 Å². The fraction of sp³-hybridized carbons (Fsp3) is 0.111. The van der Waals surface area contributed by atoms with Gasteiger partial charge in [0.1, 0.15) is 12.4 Å². The summed E-state index contributed by atoms with van der Waals surface area (Å²) in [5.74, 6) is 0.543.